The highest BCUT2D eigenvalue weighted by Crippen LogP contribution is 2.20. The zero-order valence-electron chi connectivity index (χ0n) is 9.77. The topological polar surface area (TPSA) is 40.5 Å². The molecular formula is C13H16ClNO2. The number of carboxylic acids is 1. The third kappa shape index (κ3) is 4.11. The van der Waals surface area contributed by atoms with E-state index >= 15 is 0 Å². The van der Waals surface area contributed by atoms with Gasteiger partial charge in [0.05, 0.1) is 5.92 Å². The van der Waals surface area contributed by atoms with E-state index in [4.69, 9.17) is 16.7 Å². The second-order valence-electron chi connectivity index (χ2n) is 3.91. The van der Waals surface area contributed by atoms with Crippen LogP contribution in [-0.2, 0) is 4.79 Å². The number of rotatable bonds is 6. The second kappa shape index (κ2) is 6.30. The standard InChI is InChI=1S/C13H16ClNO2/c1-3-7-15(9-10(2)13(16)17)12-6-4-5-11(14)8-12/h3-6,8,10H,1,7,9H2,2H3,(H,16,17). The van der Waals surface area contributed by atoms with Crippen molar-refractivity contribution in [3.05, 3.63) is 41.9 Å². The first kappa shape index (κ1) is 13.6. The molecule has 4 heteroatoms. The Morgan fingerprint density at radius 3 is 2.88 bits per heavy atom. The lowest BCUT2D eigenvalue weighted by Crippen LogP contribution is -2.31. The Morgan fingerprint density at radius 1 is 1.65 bits per heavy atom. The Kier molecular flexibility index (Phi) is 5.04. The molecular weight excluding hydrogens is 238 g/mol. The molecule has 0 heterocycles. The molecule has 1 rings (SSSR count). The molecule has 0 aliphatic heterocycles. The highest BCUT2D eigenvalue weighted by Gasteiger charge is 2.15. The summed E-state index contributed by atoms with van der Waals surface area (Å²) in [6.45, 7) is 6.39. The van der Waals surface area contributed by atoms with Crippen molar-refractivity contribution < 1.29 is 9.90 Å². The molecule has 92 valence electrons. The molecule has 0 radical (unpaired) electrons. The van der Waals surface area contributed by atoms with Crippen LogP contribution in [0.15, 0.2) is 36.9 Å². The number of hydrogen-bond donors (Lipinski definition) is 1. The molecule has 0 bridgehead atoms. The molecule has 0 aliphatic carbocycles. The summed E-state index contributed by atoms with van der Waals surface area (Å²) in [5.41, 5.74) is 0.908. The van der Waals surface area contributed by atoms with Gasteiger partial charge in [-0.05, 0) is 18.2 Å². The first-order valence-corrected chi connectivity index (χ1v) is 5.76. The molecule has 0 saturated carbocycles. The molecule has 1 aromatic rings. The second-order valence-corrected chi connectivity index (χ2v) is 4.35. The number of carbonyl (C=O) groups is 1. The molecule has 1 N–H and O–H groups in total. The summed E-state index contributed by atoms with van der Waals surface area (Å²) in [4.78, 5) is 12.8. The first-order chi connectivity index (χ1) is 8.04. The molecule has 0 amide bonds. The predicted octanol–water partition coefficient (Wildman–Crippen LogP) is 3.05. The van der Waals surface area contributed by atoms with E-state index in [1.54, 1.807) is 19.1 Å². The van der Waals surface area contributed by atoms with Crippen LogP contribution in [0, 0.1) is 5.92 Å². The number of carboxylic acid groups (broad SMARTS) is 1. The summed E-state index contributed by atoms with van der Waals surface area (Å²) >= 11 is 5.92. The lowest BCUT2D eigenvalue weighted by atomic mass is 10.1. The fourth-order valence-electron chi connectivity index (χ4n) is 1.52. The van der Waals surface area contributed by atoms with Crippen LogP contribution < -0.4 is 4.90 Å². The molecule has 0 fully saturated rings. The van der Waals surface area contributed by atoms with E-state index in [2.05, 4.69) is 6.58 Å². The zero-order valence-corrected chi connectivity index (χ0v) is 10.5. The highest BCUT2D eigenvalue weighted by atomic mass is 35.5. The summed E-state index contributed by atoms with van der Waals surface area (Å²) in [5, 5.41) is 9.56. The maximum Gasteiger partial charge on any atom is 0.308 e. The fraction of sp³-hybridized carbons (Fsp3) is 0.308. The van der Waals surface area contributed by atoms with E-state index in [0.717, 1.165) is 5.69 Å². The van der Waals surface area contributed by atoms with Gasteiger partial charge in [-0.3, -0.25) is 4.79 Å². The third-order valence-electron chi connectivity index (χ3n) is 2.44. The first-order valence-electron chi connectivity index (χ1n) is 5.38. The largest absolute Gasteiger partial charge is 0.481 e. The molecule has 0 spiro atoms. The summed E-state index contributed by atoms with van der Waals surface area (Å²) in [6.07, 6.45) is 1.75. The Hall–Kier alpha value is -1.48. The van der Waals surface area contributed by atoms with Crippen molar-refractivity contribution >= 4 is 23.3 Å². The minimum atomic E-state index is -0.805. The van der Waals surface area contributed by atoms with Gasteiger partial charge in [-0.25, -0.2) is 0 Å². The van der Waals surface area contributed by atoms with Crippen molar-refractivity contribution in [2.75, 3.05) is 18.0 Å². The maximum atomic E-state index is 10.9. The normalized spacial score (nSPS) is 11.9. The summed E-state index contributed by atoms with van der Waals surface area (Å²) < 4.78 is 0. The van der Waals surface area contributed by atoms with Crippen LogP contribution >= 0.6 is 11.6 Å². The van der Waals surface area contributed by atoms with Gasteiger partial charge in [0.2, 0.25) is 0 Å². The van der Waals surface area contributed by atoms with Crippen LogP contribution in [0.25, 0.3) is 0 Å². The van der Waals surface area contributed by atoms with E-state index in [1.165, 1.54) is 0 Å². The van der Waals surface area contributed by atoms with Gasteiger partial charge in [0.25, 0.3) is 0 Å². The average molecular weight is 254 g/mol. The molecule has 0 aromatic heterocycles. The smallest absolute Gasteiger partial charge is 0.308 e. The van der Waals surface area contributed by atoms with Crippen LogP contribution in [0.3, 0.4) is 0 Å². The van der Waals surface area contributed by atoms with E-state index in [0.29, 0.717) is 18.1 Å². The van der Waals surface area contributed by atoms with Crippen molar-refractivity contribution in [1.29, 1.82) is 0 Å². The number of anilines is 1. The number of nitrogens with zero attached hydrogens (tertiary/aromatic N) is 1. The fourth-order valence-corrected chi connectivity index (χ4v) is 1.71. The Labute approximate surface area is 106 Å². The number of hydrogen-bond acceptors (Lipinski definition) is 2. The van der Waals surface area contributed by atoms with Crippen molar-refractivity contribution in [2.45, 2.75) is 6.92 Å². The SMILES string of the molecule is C=CCN(CC(C)C(=O)O)c1cccc(Cl)c1. The predicted molar refractivity (Wildman–Crippen MR) is 70.7 cm³/mol. The van der Waals surface area contributed by atoms with Crippen molar-refractivity contribution in [1.82, 2.24) is 0 Å². The van der Waals surface area contributed by atoms with Gasteiger partial charge in [0.15, 0.2) is 0 Å². The van der Waals surface area contributed by atoms with Crippen LogP contribution in [0.4, 0.5) is 5.69 Å². The third-order valence-corrected chi connectivity index (χ3v) is 2.67. The van der Waals surface area contributed by atoms with Gasteiger partial charge in [0.1, 0.15) is 0 Å². The van der Waals surface area contributed by atoms with E-state index in [9.17, 15) is 4.79 Å². The van der Waals surface area contributed by atoms with Crippen molar-refractivity contribution in [3.8, 4) is 0 Å². The van der Waals surface area contributed by atoms with Crippen LogP contribution in [0.2, 0.25) is 5.02 Å². The highest BCUT2D eigenvalue weighted by molar-refractivity contribution is 6.30. The van der Waals surface area contributed by atoms with Crippen molar-refractivity contribution in [3.63, 3.8) is 0 Å². The summed E-state index contributed by atoms with van der Waals surface area (Å²) in [6, 6.07) is 7.36. The minimum Gasteiger partial charge on any atom is -0.481 e. The Balaban J connectivity index is 2.85. The molecule has 1 aromatic carbocycles. The van der Waals surface area contributed by atoms with Crippen LogP contribution in [0.1, 0.15) is 6.92 Å². The molecule has 1 atom stereocenters. The van der Waals surface area contributed by atoms with E-state index in [-0.39, 0.29) is 0 Å². The van der Waals surface area contributed by atoms with Gasteiger partial charge >= 0.3 is 5.97 Å². The van der Waals surface area contributed by atoms with Gasteiger partial charge in [-0.2, -0.15) is 0 Å². The number of halogens is 1. The molecule has 0 aliphatic rings. The molecule has 3 nitrogen and oxygen atoms in total. The molecule has 17 heavy (non-hydrogen) atoms. The lowest BCUT2D eigenvalue weighted by Gasteiger charge is -2.25. The monoisotopic (exact) mass is 253 g/mol. The van der Waals surface area contributed by atoms with E-state index in [1.807, 2.05) is 23.1 Å². The van der Waals surface area contributed by atoms with Crippen LogP contribution in [0.5, 0.6) is 0 Å². The van der Waals surface area contributed by atoms with Gasteiger partial charge in [-0.1, -0.05) is 30.7 Å². The minimum absolute atomic E-state index is 0.432. The molecule has 0 saturated heterocycles. The maximum absolute atomic E-state index is 10.9. The zero-order chi connectivity index (χ0) is 12.8. The average Bonchev–Trinajstić information content (AvgIpc) is 2.28. The summed E-state index contributed by atoms with van der Waals surface area (Å²) in [5.74, 6) is -1.24. The quantitative estimate of drug-likeness (QED) is 0.792. The van der Waals surface area contributed by atoms with Gasteiger partial charge < -0.3 is 10.0 Å². The number of aliphatic carboxylic acids is 1. The van der Waals surface area contributed by atoms with Crippen LogP contribution in [-0.4, -0.2) is 24.2 Å². The van der Waals surface area contributed by atoms with Gasteiger partial charge in [-0.15, -0.1) is 6.58 Å². The Bertz CT molecular complexity index is 406. The van der Waals surface area contributed by atoms with Gasteiger partial charge in [0, 0.05) is 23.8 Å². The summed E-state index contributed by atoms with van der Waals surface area (Å²) in [7, 11) is 0. The lowest BCUT2D eigenvalue weighted by molar-refractivity contribution is -0.140. The molecule has 1 unspecified atom stereocenters. The van der Waals surface area contributed by atoms with Crippen molar-refractivity contribution in [2.24, 2.45) is 5.92 Å². The number of benzene rings is 1. The Morgan fingerprint density at radius 2 is 2.35 bits per heavy atom. The van der Waals surface area contributed by atoms with E-state index < -0.39 is 11.9 Å².